The first-order chi connectivity index (χ1) is 4.91. The lowest BCUT2D eigenvalue weighted by Crippen LogP contribution is -2.81. The molecule has 0 spiro atoms. The van der Waals surface area contributed by atoms with Gasteiger partial charge in [0, 0.05) is 4.83 Å². The van der Waals surface area contributed by atoms with E-state index in [1.54, 1.807) is 0 Å². The van der Waals surface area contributed by atoms with E-state index in [1.165, 1.54) is 47.3 Å². The Kier molecular flexibility index (Phi) is 0.406. The lowest BCUT2D eigenvalue weighted by atomic mass is 9.20. The summed E-state index contributed by atoms with van der Waals surface area (Å²) in [6, 6.07) is 0. The predicted octanol–water partition coefficient (Wildman–Crippen LogP) is 1.75. The molecule has 2 bridgehead atoms. The van der Waals surface area contributed by atoms with Crippen LogP contribution in [-0.4, -0.2) is 4.83 Å². The van der Waals surface area contributed by atoms with Crippen LogP contribution in [0.2, 0.25) is 0 Å². The summed E-state index contributed by atoms with van der Waals surface area (Å²) >= 11 is 3.89. The van der Waals surface area contributed by atoms with Gasteiger partial charge in [0.15, 0.2) is 0 Å². The van der Waals surface area contributed by atoms with Crippen LogP contribution < -0.4 is 0 Å². The van der Waals surface area contributed by atoms with E-state index >= 15 is 0 Å². The van der Waals surface area contributed by atoms with Gasteiger partial charge in [0.05, 0.1) is 0 Å². The van der Waals surface area contributed by atoms with Gasteiger partial charge in [-0.1, -0.05) is 15.9 Å². The molecule has 6 aliphatic rings. The second-order valence-corrected chi connectivity index (χ2v) is 6.12. The van der Waals surface area contributed by atoms with E-state index in [0.29, 0.717) is 0 Å². The van der Waals surface area contributed by atoms with Gasteiger partial charge < -0.3 is 0 Å². The molecule has 52 valence electrons. The third-order valence-corrected chi connectivity index (χ3v) is 6.85. The van der Waals surface area contributed by atoms with Crippen LogP contribution in [0.5, 0.6) is 0 Å². The molecule has 0 aromatic heterocycles. The van der Waals surface area contributed by atoms with Crippen molar-refractivity contribution in [2.75, 3.05) is 0 Å². The summed E-state index contributed by atoms with van der Waals surface area (Å²) in [6.07, 6.45) is 0. The Morgan fingerprint density at radius 3 is 1.10 bits per heavy atom. The SMILES string of the molecule is BrC1C2C3C4C1C1C2C3C41. The molecule has 0 nitrogen and oxygen atoms in total. The van der Waals surface area contributed by atoms with Crippen LogP contribution in [0, 0.1) is 47.3 Å². The molecule has 0 amide bonds. The summed E-state index contributed by atoms with van der Waals surface area (Å²) in [4.78, 5) is 0.979. The third-order valence-electron chi connectivity index (χ3n) is 5.62. The van der Waals surface area contributed by atoms with Crippen molar-refractivity contribution in [1.82, 2.24) is 0 Å². The Bertz CT molecular complexity index is 210. The molecule has 0 radical (unpaired) electrons. The molecule has 1 heteroatoms. The maximum atomic E-state index is 3.89. The first-order valence-electron chi connectivity index (χ1n) is 4.55. The first-order valence-corrected chi connectivity index (χ1v) is 5.47. The fraction of sp³-hybridized carbons (Fsp3) is 1.00. The van der Waals surface area contributed by atoms with Crippen molar-refractivity contribution >= 4 is 15.9 Å². The van der Waals surface area contributed by atoms with Crippen molar-refractivity contribution in [3.8, 4) is 0 Å². The van der Waals surface area contributed by atoms with Crippen LogP contribution in [0.1, 0.15) is 0 Å². The monoisotopic (exact) mass is 196 g/mol. The first kappa shape index (κ1) is 4.49. The highest BCUT2D eigenvalue weighted by Gasteiger charge is 2.93. The van der Waals surface area contributed by atoms with E-state index in [1.807, 2.05) is 0 Å². The smallest absolute Gasteiger partial charge is 0.0213 e. The fourth-order valence-electron chi connectivity index (χ4n) is 5.66. The van der Waals surface area contributed by atoms with Gasteiger partial charge in [0.2, 0.25) is 0 Å². The molecule has 4 unspecified atom stereocenters. The van der Waals surface area contributed by atoms with Gasteiger partial charge in [-0.25, -0.2) is 0 Å². The topological polar surface area (TPSA) is 0 Å². The van der Waals surface area contributed by atoms with E-state index in [9.17, 15) is 0 Å². The highest BCUT2D eigenvalue weighted by atomic mass is 79.9. The van der Waals surface area contributed by atoms with Gasteiger partial charge in [0.25, 0.3) is 0 Å². The van der Waals surface area contributed by atoms with Gasteiger partial charge in [-0.05, 0) is 47.3 Å². The van der Waals surface area contributed by atoms with Gasteiger partial charge in [-0.15, -0.1) is 0 Å². The van der Waals surface area contributed by atoms with Gasteiger partial charge in [0.1, 0.15) is 0 Å². The Morgan fingerprint density at radius 1 is 0.500 bits per heavy atom. The van der Waals surface area contributed by atoms with Crippen LogP contribution in [0.15, 0.2) is 0 Å². The molecule has 6 rings (SSSR count). The molecule has 0 heterocycles. The zero-order valence-electron chi connectivity index (χ0n) is 5.57. The van der Waals surface area contributed by atoms with E-state index < -0.39 is 0 Å². The predicted molar refractivity (Wildman–Crippen MR) is 40.6 cm³/mol. The van der Waals surface area contributed by atoms with E-state index in [2.05, 4.69) is 15.9 Å². The molecule has 6 saturated carbocycles. The zero-order valence-corrected chi connectivity index (χ0v) is 7.16. The highest BCUT2D eigenvalue weighted by Crippen LogP contribution is 2.95. The Labute approximate surface area is 68.5 Å². The maximum Gasteiger partial charge on any atom is 0.0213 e. The summed E-state index contributed by atoms with van der Waals surface area (Å²) in [5.41, 5.74) is 0. The molecule has 6 fully saturated rings. The van der Waals surface area contributed by atoms with E-state index in [4.69, 9.17) is 0 Å². The average Bonchev–Trinajstić information content (AvgIpc) is 2.15. The number of rotatable bonds is 0. The number of alkyl halides is 1. The fourth-order valence-corrected chi connectivity index (χ4v) is 7.07. The molecule has 0 aliphatic heterocycles. The van der Waals surface area contributed by atoms with E-state index in [-0.39, 0.29) is 0 Å². The van der Waals surface area contributed by atoms with Crippen LogP contribution in [0.4, 0.5) is 0 Å². The van der Waals surface area contributed by atoms with Crippen LogP contribution in [-0.2, 0) is 0 Å². The minimum Gasteiger partial charge on any atom is -0.0884 e. The zero-order chi connectivity index (χ0) is 6.20. The van der Waals surface area contributed by atoms with Crippen molar-refractivity contribution in [3.05, 3.63) is 0 Å². The Balaban J connectivity index is 1.88. The summed E-state index contributed by atoms with van der Waals surface area (Å²) in [5, 5.41) is 0. The molecule has 10 heavy (non-hydrogen) atoms. The van der Waals surface area contributed by atoms with Gasteiger partial charge in [-0.2, -0.15) is 0 Å². The van der Waals surface area contributed by atoms with Gasteiger partial charge in [-0.3, -0.25) is 0 Å². The lowest BCUT2D eigenvalue weighted by molar-refractivity contribution is -0.379. The molecule has 0 aromatic carbocycles. The quantitative estimate of drug-likeness (QED) is 0.519. The minimum absolute atomic E-state index is 0.979. The van der Waals surface area contributed by atoms with Crippen molar-refractivity contribution in [3.63, 3.8) is 0 Å². The van der Waals surface area contributed by atoms with Crippen molar-refractivity contribution in [1.29, 1.82) is 0 Å². The van der Waals surface area contributed by atoms with Crippen LogP contribution in [0.3, 0.4) is 0 Å². The van der Waals surface area contributed by atoms with Crippen LogP contribution in [0.25, 0.3) is 0 Å². The third kappa shape index (κ3) is 0.172. The Morgan fingerprint density at radius 2 is 0.800 bits per heavy atom. The highest BCUT2D eigenvalue weighted by molar-refractivity contribution is 9.09. The summed E-state index contributed by atoms with van der Waals surface area (Å²) in [7, 11) is 0. The normalized spacial score (nSPS) is 97.5. The average molecular weight is 197 g/mol. The second-order valence-electron chi connectivity index (χ2n) is 5.06. The molecule has 0 N–H and O–H groups in total. The second kappa shape index (κ2) is 0.903. The minimum atomic E-state index is 0.979. The standard InChI is InChI=1S/C9H9Br/c10-9-7-3-1-2-5(3)8(9)6(2)4(1)7/h1-9H. The molecule has 4 atom stereocenters. The summed E-state index contributed by atoms with van der Waals surface area (Å²) in [5.74, 6) is 9.88. The molecular formula is C9H9Br. The summed E-state index contributed by atoms with van der Waals surface area (Å²) < 4.78 is 0. The Hall–Kier alpha value is 0.480. The number of hydrogen-bond donors (Lipinski definition) is 0. The van der Waals surface area contributed by atoms with Crippen LogP contribution >= 0.6 is 15.9 Å². The molecule has 0 saturated heterocycles. The lowest BCUT2D eigenvalue weighted by Gasteiger charge is -2.84. The number of hydrogen-bond acceptors (Lipinski definition) is 0. The summed E-state index contributed by atoms with van der Waals surface area (Å²) in [6.45, 7) is 0. The van der Waals surface area contributed by atoms with E-state index in [0.717, 1.165) is 4.83 Å². The molecule has 0 aromatic rings. The molecule has 6 aliphatic carbocycles. The van der Waals surface area contributed by atoms with Crippen molar-refractivity contribution < 1.29 is 0 Å². The molecular weight excluding hydrogens is 188 g/mol. The van der Waals surface area contributed by atoms with Crippen molar-refractivity contribution in [2.45, 2.75) is 4.83 Å². The number of halogens is 1. The van der Waals surface area contributed by atoms with Gasteiger partial charge >= 0.3 is 0 Å². The largest absolute Gasteiger partial charge is 0.0884 e. The van der Waals surface area contributed by atoms with Crippen molar-refractivity contribution in [2.24, 2.45) is 47.3 Å². The maximum absolute atomic E-state index is 3.89.